The SMILES string of the molecule is O=C(O)C=CN1CCN2C(=O)NCC2C1. The lowest BCUT2D eigenvalue weighted by atomic mass is 10.2. The average molecular weight is 211 g/mol. The van der Waals surface area contributed by atoms with Gasteiger partial charge in [-0.05, 0) is 0 Å². The maximum atomic E-state index is 11.3. The van der Waals surface area contributed by atoms with Crippen LogP contribution in [-0.4, -0.2) is 59.1 Å². The molecule has 6 nitrogen and oxygen atoms in total. The number of hydrogen-bond acceptors (Lipinski definition) is 3. The van der Waals surface area contributed by atoms with Crippen molar-refractivity contribution >= 4 is 12.0 Å². The number of amides is 2. The van der Waals surface area contributed by atoms with Crippen molar-refractivity contribution in [2.75, 3.05) is 26.2 Å². The highest BCUT2D eigenvalue weighted by molar-refractivity contribution is 5.79. The zero-order valence-corrected chi connectivity index (χ0v) is 8.22. The lowest BCUT2D eigenvalue weighted by Crippen LogP contribution is -2.50. The van der Waals surface area contributed by atoms with E-state index in [1.165, 1.54) is 0 Å². The van der Waals surface area contributed by atoms with Crippen molar-refractivity contribution in [2.45, 2.75) is 6.04 Å². The number of fused-ring (bicyclic) bond motifs is 1. The highest BCUT2D eigenvalue weighted by Gasteiger charge is 2.34. The van der Waals surface area contributed by atoms with Gasteiger partial charge >= 0.3 is 12.0 Å². The molecule has 0 bridgehead atoms. The number of carboxylic acids is 1. The van der Waals surface area contributed by atoms with Gasteiger partial charge in [0, 0.05) is 38.5 Å². The Bertz CT molecular complexity index is 316. The van der Waals surface area contributed by atoms with Crippen molar-refractivity contribution in [3.05, 3.63) is 12.3 Å². The molecule has 2 saturated heterocycles. The van der Waals surface area contributed by atoms with Crippen LogP contribution in [0.2, 0.25) is 0 Å². The standard InChI is InChI=1S/C9H13N3O3/c13-8(14)1-2-11-3-4-12-7(6-11)5-10-9(12)15/h1-2,7H,3-6H2,(H,10,15)(H,13,14). The van der Waals surface area contributed by atoms with Gasteiger partial charge in [0.15, 0.2) is 0 Å². The number of urea groups is 1. The summed E-state index contributed by atoms with van der Waals surface area (Å²) in [6.07, 6.45) is 2.70. The largest absolute Gasteiger partial charge is 0.478 e. The van der Waals surface area contributed by atoms with Crippen LogP contribution in [0.3, 0.4) is 0 Å². The molecule has 2 heterocycles. The molecular formula is C9H13N3O3. The number of piperazine rings is 1. The van der Waals surface area contributed by atoms with Crippen LogP contribution in [0, 0.1) is 0 Å². The van der Waals surface area contributed by atoms with Crippen LogP contribution in [0.5, 0.6) is 0 Å². The summed E-state index contributed by atoms with van der Waals surface area (Å²) < 4.78 is 0. The molecule has 6 heteroatoms. The summed E-state index contributed by atoms with van der Waals surface area (Å²) in [5, 5.41) is 11.3. The molecule has 1 unspecified atom stereocenters. The molecule has 2 fully saturated rings. The maximum Gasteiger partial charge on any atom is 0.329 e. The van der Waals surface area contributed by atoms with Gasteiger partial charge in [-0.3, -0.25) is 0 Å². The predicted octanol–water partition coefficient (Wildman–Crippen LogP) is -0.706. The molecule has 2 aliphatic rings. The summed E-state index contributed by atoms with van der Waals surface area (Å²) in [5.41, 5.74) is 0. The fourth-order valence-electron chi connectivity index (χ4n) is 1.93. The van der Waals surface area contributed by atoms with Gasteiger partial charge in [0.05, 0.1) is 6.04 Å². The van der Waals surface area contributed by atoms with Crippen molar-refractivity contribution in [2.24, 2.45) is 0 Å². The van der Waals surface area contributed by atoms with E-state index >= 15 is 0 Å². The van der Waals surface area contributed by atoms with Crippen LogP contribution in [0.4, 0.5) is 4.79 Å². The first-order valence-corrected chi connectivity index (χ1v) is 4.86. The topological polar surface area (TPSA) is 72.9 Å². The van der Waals surface area contributed by atoms with Crippen molar-refractivity contribution in [3.63, 3.8) is 0 Å². The van der Waals surface area contributed by atoms with Crippen LogP contribution in [0.1, 0.15) is 0 Å². The minimum Gasteiger partial charge on any atom is -0.478 e. The Kier molecular flexibility index (Phi) is 2.49. The van der Waals surface area contributed by atoms with Crippen molar-refractivity contribution in [1.82, 2.24) is 15.1 Å². The summed E-state index contributed by atoms with van der Waals surface area (Å²) >= 11 is 0. The molecule has 2 amide bonds. The van der Waals surface area contributed by atoms with E-state index in [-0.39, 0.29) is 12.1 Å². The van der Waals surface area contributed by atoms with Gasteiger partial charge in [-0.25, -0.2) is 9.59 Å². The fourth-order valence-corrected chi connectivity index (χ4v) is 1.93. The third-order valence-corrected chi connectivity index (χ3v) is 2.69. The van der Waals surface area contributed by atoms with Gasteiger partial charge in [0.25, 0.3) is 0 Å². The molecule has 2 rings (SSSR count). The van der Waals surface area contributed by atoms with Crippen LogP contribution in [0.15, 0.2) is 12.3 Å². The zero-order chi connectivity index (χ0) is 10.8. The molecule has 2 aliphatic heterocycles. The number of carbonyl (C=O) groups excluding carboxylic acids is 1. The quantitative estimate of drug-likeness (QED) is 0.592. The highest BCUT2D eigenvalue weighted by atomic mass is 16.4. The first-order chi connectivity index (χ1) is 7.16. The molecule has 0 aromatic heterocycles. The zero-order valence-electron chi connectivity index (χ0n) is 8.22. The lowest BCUT2D eigenvalue weighted by molar-refractivity contribution is -0.131. The number of carbonyl (C=O) groups is 2. The molecule has 0 spiro atoms. The Hall–Kier alpha value is -1.72. The Morgan fingerprint density at radius 3 is 3.07 bits per heavy atom. The Morgan fingerprint density at radius 2 is 2.33 bits per heavy atom. The Morgan fingerprint density at radius 1 is 1.53 bits per heavy atom. The second kappa shape index (κ2) is 3.80. The number of rotatable bonds is 2. The van der Waals surface area contributed by atoms with E-state index in [2.05, 4.69) is 5.32 Å². The number of nitrogens with one attached hydrogen (secondary N) is 1. The van der Waals surface area contributed by atoms with Crippen LogP contribution in [-0.2, 0) is 4.79 Å². The molecule has 0 radical (unpaired) electrons. The molecule has 0 aliphatic carbocycles. The van der Waals surface area contributed by atoms with Crippen LogP contribution < -0.4 is 5.32 Å². The monoisotopic (exact) mass is 211 g/mol. The molecular weight excluding hydrogens is 198 g/mol. The van der Waals surface area contributed by atoms with Gasteiger partial charge in [0.2, 0.25) is 0 Å². The van der Waals surface area contributed by atoms with E-state index in [1.807, 2.05) is 4.90 Å². The van der Waals surface area contributed by atoms with Gasteiger partial charge in [-0.2, -0.15) is 0 Å². The highest BCUT2D eigenvalue weighted by Crippen LogP contribution is 2.13. The summed E-state index contributed by atoms with van der Waals surface area (Å²) in [7, 11) is 0. The van der Waals surface area contributed by atoms with E-state index in [1.54, 1.807) is 11.1 Å². The van der Waals surface area contributed by atoms with Gasteiger partial charge in [-0.1, -0.05) is 0 Å². The molecule has 1 atom stereocenters. The van der Waals surface area contributed by atoms with Gasteiger partial charge in [0.1, 0.15) is 0 Å². The second-order valence-corrected chi connectivity index (χ2v) is 3.68. The third-order valence-electron chi connectivity index (χ3n) is 2.69. The molecule has 0 aromatic carbocycles. The minimum atomic E-state index is -0.946. The summed E-state index contributed by atoms with van der Waals surface area (Å²) in [4.78, 5) is 25.3. The van der Waals surface area contributed by atoms with Crippen molar-refractivity contribution < 1.29 is 14.7 Å². The van der Waals surface area contributed by atoms with E-state index < -0.39 is 5.97 Å². The predicted molar refractivity (Wildman–Crippen MR) is 52.2 cm³/mol. The molecule has 2 N–H and O–H groups in total. The summed E-state index contributed by atoms with van der Waals surface area (Å²) in [6, 6.07) is 0.159. The fraction of sp³-hybridized carbons (Fsp3) is 0.556. The van der Waals surface area contributed by atoms with E-state index in [9.17, 15) is 9.59 Å². The molecule has 0 saturated carbocycles. The third kappa shape index (κ3) is 2.03. The summed E-state index contributed by atoms with van der Waals surface area (Å²) in [6.45, 7) is 2.69. The second-order valence-electron chi connectivity index (χ2n) is 3.68. The Labute approximate surface area is 87.1 Å². The number of nitrogens with zero attached hydrogens (tertiary/aromatic N) is 2. The van der Waals surface area contributed by atoms with E-state index in [0.29, 0.717) is 26.2 Å². The molecule has 15 heavy (non-hydrogen) atoms. The van der Waals surface area contributed by atoms with Gasteiger partial charge in [-0.15, -0.1) is 0 Å². The normalized spacial score (nSPS) is 25.6. The average Bonchev–Trinajstić information content (AvgIpc) is 2.57. The van der Waals surface area contributed by atoms with Gasteiger partial charge < -0.3 is 20.2 Å². The van der Waals surface area contributed by atoms with Crippen LogP contribution >= 0.6 is 0 Å². The first-order valence-electron chi connectivity index (χ1n) is 4.86. The molecule has 0 aromatic rings. The summed E-state index contributed by atoms with van der Waals surface area (Å²) in [5.74, 6) is -0.946. The van der Waals surface area contributed by atoms with Crippen molar-refractivity contribution in [3.8, 4) is 0 Å². The first kappa shape index (κ1) is 9.82. The maximum absolute atomic E-state index is 11.3. The lowest BCUT2D eigenvalue weighted by Gasteiger charge is -2.35. The minimum absolute atomic E-state index is 0.0122. The Balaban J connectivity index is 1.93. The van der Waals surface area contributed by atoms with E-state index in [0.717, 1.165) is 6.08 Å². The van der Waals surface area contributed by atoms with E-state index in [4.69, 9.17) is 5.11 Å². The van der Waals surface area contributed by atoms with Crippen LogP contribution in [0.25, 0.3) is 0 Å². The number of aliphatic carboxylic acids is 1. The smallest absolute Gasteiger partial charge is 0.329 e. The molecule has 82 valence electrons. The number of carboxylic acid groups (broad SMARTS) is 1. The van der Waals surface area contributed by atoms with Crippen molar-refractivity contribution in [1.29, 1.82) is 0 Å². The number of hydrogen-bond donors (Lipinski definition) is 2.